The highest BCUT2D eigenvalue weighted by molar-refractivity contribution is 7.92. The van der Waals surface area contributed by atoms with Gasteiger partial charge in [0.05, 0.1) is 17.6 Å². The number of para-hydroxylation sites is 5. The summed E-state index contributed by atoms with van der Waals surface area (Å²) in [5, 5.41) is 2.86. The Morgan fingerprint density at radius 2 is 1.68 bits per heavy atom. The molecule has 4 rings (SSSR count). The third-order valence-corrected chi connectivity index (χ3v) is 5.99. The zero-order valence-corrected chi connectivity index (χ0v) is 17.7. The van der Waals surface area contributed by atoms with Gasteiger partial charge in [0.15, 0.2) is 11.9 Å². The number of sulfonamides is 1. The summed E-state index contributed by atoms with van der Waals surface area (Å²) in [6.45, 7) is 0.135. The Morgan fingerprint density at radius 3 is 2.45 bits per heavy atom. The molecule has 1 atom stereocenters. The van der Waals surface area contributed by atoms with Crippen molar-refractivity contribution < 1.29 is 22.7 Å². The van der Waals surface area contributed by atoms with Crippen LogP contribution in [0.25, 0.3) is 0 Å². The van der Waals surface area contributed by atoms with E-state index in [1.807, 2.05) is 36.4 Å². The van der Waals surface area contributed by atoms with Gasteiger partial charge in [0.1, 0.15) is 11.5 Å². The summed E-state index contributed by atoms with van der Waals surface area (Å²) in [6, 6.07) is 23.2. The first-order valence-electron chi connectivity index (χ1n) is 9.78. The Kier molecular flexibility index (Phi) is 5.81. The molecule has 0 spiro atoms. The largest absolute Gasteiger partial charge is 0.478 e. The number of ether oxygens (including phenoxy) is 2. The van der Waals surface area contributed by atoms with Crippen LogP contribution in [-0.2, 0) is 14.8 Å². The van der Waals surface area contributed by atoms with E-state index < -0.39 is 16.1 Å². The Bertz CT molecular complexity index is 1180. The molecule has 8 heteroatoms. The molecule has 0 aromatic heterocycles. The van der Waals surface area contributed by atoms with Crippen molar-refractivity contribution in [2.75, 3.05) is 22.4 Å². The zero-order chi connectivity index (χ0) is 21.8. The summed E-state index contributed by atoms with van der Waals surface area (Å²) in [4.78, 5) is 13.0. The van der Waals surface area contributed by atoms with Crippen LogP contribution in [0.1, 0.15) is 6.42 Å². The lowest BCUT2D eigenvalue weighted by Crippen LogP contribution is -2.36. The predicted molar refractivity (Wildman–Crippen MR) is 119 cm³/mol. The molecule has 0 radical (unpaired) electrons. The minimum atomic E-state index is -3.51. The molecule has 0 unspecified atom stereocenters. The van der Waals surface area contributed by atoms with Gasteiger partial charge in [-0.25, -0.2) is 8.42 Å². The van der Waals surface area contributed by atoms with Gasteiger partial charge < -0.3 is 14.8 Å². The smallest absolute Gasteiger partial charge is 0.265 e. The highest BCUT2D eigenvalue weighted by Gasteiger charge is 2.31. The number of rotatable bonds is 5. The minimum Gasteiger partial charge on any atom is -0.478 e. The van der Waals surface area contributed by atoms with E-state index in [9.17, 15) is 13.2 Å². The van der Waals surface area contributed by atoms with E-state index in [4.69, 9.17) is 9.47 Å². The lowest BCUT2D eigenvalue weighted by atomic mass is 10.2. The Labute approximate surface area is 181 Å². The second kappa shape index (κ2) is 8.69. The number of fused-ring (bicyclic) bond motifs is 1. The van der Waals surface area contributed by atoms with Gasteiger partial charge in [-0.15, -0.1) is 0 Å². The number of anilines is 2. The summed E-state index contributed by atoms with van der Waals surface area (Å²) >= 11 is 0. The molecular weight excluding hydrogens is 416 g/mol. The molecule has 0 fully saturated rings. The first-order chi connectivity index (χ1) is 14.9. The monoisotopic (exact) mass is 438 g/mol. The van der Waals surface area contributed by atoms with Gasteiger partial charge in [-0.1, -0.05) is 42.5 Å². The maximum absolute atomic E-state index is 13.0. The predicted octanol–water partition coefficient (Wildman–Crippen LogP) is 4.03. The molecule has 3 aromatic carbocycles. The van der Waals surface area contributed by atoms with Crippen LogP contribution in [0.2, 0.25) is 0 Å². The Balaban J connectivity index is 1.55. The fraction of sp³-hybridized carbons (Fsp3) is 0.174. The maximum atomic E-state index is 13.0. The quantitative estimate of drug-likeness (QED) is 0.650. The number of benzene rings is 3. The molecule has 1 heterocycles. The molecule has 0 saturated heterocycles. The molecule has 1 amide bonds. The van der Waals surface area contributed by atoms with E-state index in [-0.39, 0.29) is 18.9 Å². The van der Waals surface area contributed by atoms with Crippen molar-refractivity contribution in [1.82, 2.24) is 0 Å². The molecule has 160 valence electrons. The number of carbonyl (C=O) groups excluding carboxylic acids is 1. The van der Waals surface area contributed by atoms with Gasteiger partial charge in [-0.2, -0.15) is 0 Å². The molecule has 1 aliphatic rings. The van der Waals surface area contributed by atoms with Crippen LogP contribution in [0.15, 0.2) is 78.9 Å². The lowest BCUT2D eigenvalue weighted by molar-refractivity contribution is -0.122. The molecule has 0 aliphatic carbocycles. The Morgan fingerprint density at radius 1 is 1.00 bits per heavy atom. The van der Waals surface area contributed by atoms with Gasteiger partial charge in [0.2, 0.25) is 10.0 Å². The fourth-order valence-electron chi connectivity index (χ4n) is 3.35. The number of hydrogen-bond donors (Lipinski definition) is 1. The van der Waals surface area contributed by atoms with E-state index in [0.717, 1.165) is 6.26 Å². The van der Waals surface area contributed by atoms with E-state index >= 15 is 0 Å². The van der Waals surface area contributed by atoms with Crippen molar-refractivity contribution in [2.45, 2.75) is 12.5 Å². The normalized spacial score (nSPS) is 15.9. The minimum absolute atomic E-state index is 0.135. The van der Waals surface area contributed by atoms with Gasteiger partial charge in [-0.3, -0.25) is 9.10 Å². The van der Waals surface area contributed by atoms with Crippen LogP contribution in [-0.4, -0.2) is 33.2 Å². The molecule has 31 heavy (non-hydrogen) atoms. The second-order valence-electron chi connectivity index (χ2n) is 7.10. The molecule has 0 bridgehead atoms. The van der Waals surface area contributed by atoms with Crippen LogP contribution in [0.3, 0.4) is 0 Å². The summed E-state index contributed by atoms with van der Waals surface area (Å²) in [5.74, 6) is 1.11. The lowest BCUT2D eigenvalue weighted by Gasteiger charge is -2.20. The maximum Gasteiger partial charge on any atom is 0.265 e. The highest BCUT2D eigenvalue weighted by atomic mass is 32.2. The number of amides is 1. The summed E-state index contributed by atoms with van der Waals surface area (Å²) < 4.78 is 37.6. The van der Waals surface area contributed by atoms with Gasteiger partial charge in [0.25, 0.3) is 5.91 Å². The van der Waals surface area contributed by atoms with E-state index in [2.05, 4.69) is 5.32 Å². The molecular formula is C23H22N2O5S. The van der Waals surface area contributed by atoms with Gasteiger partial charge in [-0.05, 0) is 36.4 Å². The van der Waals surface area contributed by atoms with Crippen molar-refractivity contribution in [3.63, 3.8) is 0 Å². The third kappa shape index (κ3) is 4.80. The van der Waals surface area contributed by atoms with Crippen LogP contribution in [0.4, 0.5) is 11.4 Å². The van der Waals surface area contributed by atoms with Crippen LogP contribution in [0, 0.1) is 0 Å². The summed E-state index contributed by atoms with van der Waals surface area (Å²) in [5.41, 5.74) is 0.922. The first kappa shape index (κ1) is 20.7. The average molecular weight is 439 g/mol. The third-order valence-electron chi connectivity index (χ3n) is 4.81. The fourth-order valence-corrected chi connectivity index (χ4v) is 4.29. The van der Waals surface area contributed by atoms with Gasteiger partial charge >= 0.3 is 0 Å². The zero-order valence-electron chi connectivity index (χ0n) is 16.9. The van der Waals surface area contributed by atoms with E-state index in [0.29, 0.717) is 28.6 Å². The topological polar surface area (TPSA) is 84.9 Å². The van der Waals surface area contributed by atoms with Crippen molar-refractivity contribution >= 4 is 27.3 Å². The second-order valence-corrected chi connectivity index (χ2v) is 9.01. The SMILES string of the molecule is CS(=O)(=O)N1CC[C@H](C(=O)Nc2ccccc2Oc2ccccc2)Oc2ccccc21. The first-order valence-corrected chi connectivity index (χ1v) is 11.6. The van der Waals surface area contributed by atoms with Crippen molar-refractivity contribution in [3.8, 4) is 17.2 Å². The standard InChI is InChI=1S/C23H22N2O5S/c1-31(27,28)25-16-15-22(30-21-14-8-6-12-19(21)25)23(26)24-18-11-5-7-13-20(18)29-17-9-3-2-4-10-17/h2-14,22H,15-16H2,1H3,(H,24,26)/t22-/m1/s1. The number of nitrogens with zero attached hydrogens (tertiary/aromatic N) is 1. The van der Waals surface area contributed by atoms with E-state index in [1.54, 1.807) is 42.5 Å². The summed E-state index contributed by atoms with van der Waals surface area (Å²) in [7, 11) is -3.51. The molecule has 1 aliphatic heterocycles. The van der Waals surface area contributed by atoms with Crippen LogP contribution >= 0.6 is 0 Å². The highest BCUT2D eigenvalue weighted by Crippen LogP contribution is 2.35. The molecule has 1 N–H and O–H groups in total. The van der Waals surface area contributed by atoms with Crippen molar-refractivity contribution in [3.05, 3.63) is 78.9 Å². The number of carbonyl (C=O) groups is 1. The van der Waals surface area contributed by atoms with Crippen molar-refractivity contribution in [2.24, 2.45) is 0 Å². The van der Waals surface area contributed by atoms with Crippen LogP contribution in [0.5, 0.6) is 17.2 Å². The Hall–Kier alpha value is -3.52. The van der Waals surface area contributed by atoms with Crippen molar-refractivity contribution in [1.29, 1.82) is 0 Å². The molecule has 7 nitrogen and oxygen atoms in total. The summed E-state index contributed by atoms with van der Waals surface area (Å²) in [6.07, 6.45) is 0.481. The van der Waals surface area contributed by atoms with Crippen LogP contribution < -0.4 is 19.1 Å². The van der Waals surface area contributed by atoms with E-state index in [1.165, 1.54) is 4.31 Å². The molecule has 0 saturated carbocycles. The molecule has 3 aromatic rings. The average Bonchev–Trinajstić information content (AvgIpc) is 2.96. The number of nitrogens with one attached hydrogen (secondary N) is 1. The van der Waals surface area contributed by atoms with Gasteiger partial charge in [0, 0.05) is 13.0 Å². The number of hydrogen-bond acceptors (Lipinski definition) is 5.